The number of carbonyl (C=O) groups is 2. The van der Waals surface area contributed by atoms with Gasteiger partial charge < -0.3 is 19.3 Å². The predicted molar refractivity (Wildman–Crippen MR) is 132 cm³/mol. The molecule has 1 saturated carbocycles. The van der Waals surface area contributed by atoms with Gasteiger partial charge in [0.15, 0.2) is 0 Å². The van der Waals surface area contributed by atoms with Crippen molar-refractivity contribution in [3.05, 3.63) is 64.7 Å². The van der Waals surface area contributed by atoms with E-state index in [9.17, 15) is 9.59 Å². The number of benzene rings is 2. The molecule has 2 aromatic carbocycles. The largest absolute Gasteiger partial charge is 0.490 e. The lowest BCUT2D eigenvalue weighted by Crippen LogP contribution is -2.58. The Balaban J connectivity index is 1.48. The van der Waals surface area contributed by atoms with Gasteiger partial charge in [-0.3, -0.25) is 9.59 Å². The molecule has 0 aromatic heterocycles. The van der Waals surface area contributed by atoms with Crippen molar-refractivity contribution in [1.29, 1.82) is 0 Å². The minimum Gasteiger partial charge on any atom is -0.490 e. The molecule has 0 spiro atoms. The third-order valence-electron chi connectivity index (χ3n) is 6.55. The Bertz CT molecular complexity index is 1010. The van der Waals surface area contributed by atoms with Crippen molar-refractivity contribution in [2.45, 2.75) is 44.8 Å². The lowest BCUT2D eigenvalue weighted by atomic mass is 9.96. The summed E-state index contributed by atoms with van der Waals surface area (Å²) in [5.74, 6) is 1.27. The van der Waals surface area contributed by atoms with Crippen LogP contribution < -0.4 is 4.74 Å². The van der Waals surface area contributed by atoms with Crippen molar-refractivity contribution in [3.63, 3.8) is 0 Å². The summed E-state index contributed by atoms with van der Waals surface area (Å²) in [6.45, 7) is 3.87. The molecule has 1 heterocycles. The molecule has 1 aliphatic heterocycles. The van der Waals surface area contributed by atoms with Gasteiger partial charge in [0.05, 0.1) is 19.6 Å². The summed E-state index contributed by atoms with van der Waals surface area (Å²) in [5, 5.41) is 0.672. The van der Waals surface area contributed by atoms with Gasteiger partial charge in [0, 0.05) is 31.6 Å². The first kappa shape index (κ1) is 24.6. The second kappa shape index (κ2) is 10.8. The van der Waals surface area contributed by atoms with Crippen LogP contribution in [0.2, 0.25) is 5.02 Å². The monoisotopic (exact) mass is 484 g/mol. The van der Waals surface area contributed by atoms with Crippen molar-refractivity contribution in [3.8, 4) is 5.75 Å². The summed E-state index contributed by atoms with van der Waals surface area (Å²) >= 11 is 6.15. The molecular formula is C27H33ClN2O4. The molecule has 7 heteroatoms. The smallest absolute Gasteiger partial charge is 0.225 e. The van der Waals surface area contributed by atoms with Gasteiger partial charge in [-0.05, 0) is 55.0 Å². The molecule has 1 aliphatic carbocycles. The minimum absolute atomic E-state index is 0.0452. The summed E-state index contributed by atoms with van der Waals surface area (Å²) in [7, 11) is 1.80. The van der Waals surface area contributed by atoms with Crippen LogP contribution in [0.25, 0.3) is 0 Å². The van der Waals surface area contributed by atoms with E-state index in [1.54, 1.807) is 18.0 Å². The maximum atomic E-state index is 13.3. The lowest BCUT2D eigenvalue weighted by molar-refractivity contribution is -0.165. The Hall–Kier alpha value is -2.57. The Labute approximate surface area is 206 Å². The van der Waals surface area contributed by atoms with Crippen molar-refractivity contribution >= 4 is 23.4 Å². The van der Waals surface area contributed by atoms with Crippen LogP contribution in [-0.4, -0.2) is 60.6 Å². The number of nitrogens with zero attached hydrogens (tertiary/aromatic N) is 2. The average Bonchev–Trinajstić information content (AvgIpc) is 3.64. The normalized spacial score (nSPS) is 20.1. The predicted octanol–water partition coefficient (Wildman–Crippen LogP) is 4.47. The topological polar surface area (TPSA) is 59.1 Å². The van der Waals surface area contributed by atoms with E-state index < -0.39 is 5.60 Å². The molecule has 2 aromatic rings. The Morgan fingerprint density at radius 2 is 1.97 bits per heavy atom. The molecule has 0 unspecified atom stereocenters. The molecule has 1 atom stereocenters. The van der Waals surface area contributed by atoms with E-state index in [-0.39, 0.29) is 24.8 Å². The second-order valence-electron chi connectivity index (χ2n) is 9.61. The van der Waals surface area contributed by atoms with Crippen LogP contribution in [0.1, 0.15) is 36.8 Å². The van der Waals surface area contributed by atoms with E-state index in [4.69, 9.17) is 21.1 Å². The van der Waals surface area contributed by atoms with Gasteiger partial charge >= 0.3 is 0 Å². The van der Waals surface area contributed by atoms with Gasteiger partial charge in [-0.1, -0.05) is 41.9 Å². The fraction of sp³-hybridized carbons (Fsp3) is 0.481. The van der Waals surface area contributed by atoms with E-state index in [2.05, 4.69) is 0 Å². The highest BCUT2D eigenvalue weighted by atomic mass is 35.5. The number of ether oxygens (including phenoxy) is 2. The van der Waals surface area contributed by atoms with Crippen LogP contribution in [0, 0.1) is 12.8 Å². The van der Waals surface area contributed by atoms with Crippen molar-refractivity contribution in [1.82, 2.24) is 9.80 Å². The van der Waals surface area contributed by atoms with E-state index in [1.165, 1.54) is 0 Å². The quantitative estimate of drug-likeness (QED) is 0.526. The number of hydrogen-bond donors (Lipinski definition) is 0. The standard InChI is InChI=1S/C27H33ClN2O4/c1-20-14-23(10-11-24(20)28)33-19-27(16-26(32)29(2)17-22-6-4-3-5-7-22)18-30(12-13-34-27)25(31)15-21-8-9-21/h3-7,10-11,14,21H,8-9,12-13,15-19H2,1-2H3/t27-/m0/s1. The first-order chi connectivity index (χ1) is 16.3. The van der Waals surface area contributed by atoms with Gasteiger partial charge in [-0.15, -0.1) is 0 Å². The molecule has 4 rings (SSSR count). The SMILES string of the molecule is Cc1cc(OC[C@]2(CC(=O)N(C)Cc3ccccc3)CN(C(=O)CC3CC3)CCO2)ccc1Cl. The van der Waals surface area contributed by atoms with Crippen LogP contribution in [0.15, 0.2) is 48.5 Å². The van der Waals surface area contributed by atoms with Gasteiger partial charge in [-0.25, -0.2) is 0 Å². The highest BCUT2D eigenvalue weighted by molar-refractivity contribution is 6.31. The zero-order chi connectivity index (χ0) is 24.1. The van der Waals surface area contributed by atoms with E-state index in [0.717, 1.165) is 24.0 Å². The fourth-order valence-electron chi connectivity index (χ4n) is 4.28. The second-order valence-corrected chi connectivity index (χ2v) is 10.0. The molecule has 6 nitrogen and oxygen atoms in total. The fourth-order valence-corrected chi connectivity index (χ4v) is 4.40. The number of hydrogen-bond acceptors (Lipinski definition) is 4. The summed E-state index contributed by atoms with van der Waals surface area (Å²) in [4.78, 5) is 29.7. The molecule has 1 saturated heterocycles. The van der Waals surface area contributed by atoms with Gasteiger partial charge in [0.25, 0.3) is 0 Å². The minimum atomic E-state index is -0.910. The zero-order valence-corrected chi connectivity index (χ0v) is 20.7. The van der Waals surface area contributed by atoms with Crippen LogP contribution >= 0.6 is 11.6 Å². The molecule has 34 heavy (non-hydrogen) atoms. The molecule has 0 radical (unpaired) electrons. The van der Waals surface area contributed by atoms with E-state index in [1.807, 2.05) is 54.3 Å². The molecule has 2 fully saturated rings. The molecule has 2 aliphatic rings. The van der Waals surface area contributed by atoms with Gasteiger partial charge in [0.1, 0.15) is 18.0 Å². The van der Waals surface area contributed by atoms with Crippen molar-refractivity contribution in [2.24, 2.45) is 5.92 Å². The number of aryl methyl sites for hydroxylation is 1. The number of halogens is 1. The molecular weight excluding hydrogens is 452 g/mol. The summed E-state index contributed by atoms with van der Waals surface area (Å²) in [6, 6.07) is 15.4. The maximum absolute atomic E-state index is 13.3. The first-order valence-corrected chi connectivity index (χ1v) is 12.3. The summed E-state index contributed by atoms with van der Waals surface area (Å²) in [5.41, 5.74) is 1.07. The Morgan fingerprint density at radius 1 is 1.21 bits per heavy atom. The van der Waals surface area contributed by atoms with Crippen LogP contribution in [0.5, 0.6) is 5.75 Å². The van der Waals surface area contributed by atoms with Gasteiger partial charge in [0.2, 0.25) is 11.8 Å². The third-order valence-corrected chi connectivity index (χ3v) is 6.98. The average molecular weight is 485 g/mol. The van der Waals surface area contributed by atoms with Crippen LogP contribution in [0.3, 0.4) is 0 Å². The summed E-state index contributed by atoms with van der Waals surface area (Å²) < 4.78 is 12.3. The van der Waals surface area contributed by atoms with Crippen molar-refractivity contribution in [2.75, 3.05) is 33.4 Å². The highest BCUT2D eigenvalue weighted by Crippen LogP contribution is 2.34. The highest BCUT2D eigenvalue weighted by Gasteiger charge is 2.42. The Morgan fingerprint density at radius 3 is 2.68 bits per heavy atom. The van der Waals surface area contributed by atoms with E-state index >= 15 is 0 Å². The van der Waals surface area contributed by atoms with Crippen molar-refractivity contribution < 1.29 is 19.1 Å². The molecule has 0 N–H and O–H groups in total. The number of rotatable bonds is 9. The maximum Gasteiger partial charge on any atom is 0.225 e. The van der Waals surface area contributed by atoms with Gasteiger partial charge in [-0.2, -0.15) is 0 Å². The first-order valence-electron chi connectivity index (χ1n) is 11.9. The van der Waals surface area contributed by atoms with Crippen LogP contribution in [-0.2, 0) is 20.9 Å². The van der Waals surface area contributed by atoms with E-state index in [0.29, 0.717) is 49.4 Å². The molecule has 182 valence electrons. The molecule has 0 bridgehead atoms. The number of carbonyl (C=O) groups excluding carboxylic acids is 2. The number of morpholine rings is 1. The number of amides is 2. The zero-order valence-electron chi connectivity index (χ0n) is 20.0. The Kier molecular flexibility index (Phi) is 7.79. The lowest BCUT2D eigenvalue weighted by Gasteiger charge is -2.42. The van der Waals surface area contributed by atoms with Crippen LogP contribution in [0.4, 0.5) is 0 Å². The third kappa shape index (κ3) is 6.51. The summed E-state index contributed by atoms with van der Waals surface area (Å²) in [6.07, 6.45) is 2.97. The molecule has 2 amide bonds.